The van der Waals surface area contributed by atoms with Crippen LogP contribution in [0.15, 0.2) is 70.5 Å². The molecule has 1 unspecified atom stereocenters. The van der Waals surface area contributed by atoms with Crippen LogP contribution in [0.3, 0.4) is 0 Å². The maximum atomic E-state index is 13.3. The van der Waals surface area contributed by atoms with Gasteiger partial charge in [0.2, 0.25) is 0 Å². The molecule has 3 aromatic carbocycles. The first-order valence-corrected chi connectivity index (χ1v) is 12.3. The van der Waals surface area contributed by atoms with Gasteiger partial charge in [-0.05, 0) is 55.7 Å². The summed E-state index contributed by atoms with van der Waals surface area (Å²) in [6, 6.07) is 18.9. The lowest BCUT2D eigenvalue weighted by atomic mass is 10.1. The molecule has 174 valence electrons. The topological polar surface area (TPSA) is 84.2 Å². The van der Waals surface area contributed by atoms with E-state index in [1.54, 1.807) is 12.1 Å². The van der Waals surface area contributed by atoms with Crippen LogP contribution in [0, 0.1) is 13.8 Å². The summed E-state index contributed by atoms with van der Waals surface area (Å²) in [5.74, 6) is 0.197. The van der Waals surface area contributed by atoms with Gasteiger partial charge in [-0.2, -0.15) is 0 Å². The van der Waals surface area contributed by atoms with Crippen molar-refractivity contribution >= 4 is 22.2 Å². The number of nitrogens with zero attached hydrogens (tertiary/aromatic N) is 2. The molecule has 0 aromatic heterocycles. The first-order chi connectivity index (χ1) is 15.9. The zero-order valence-corrected chi connectivity index (χ0v) is 19.8. The van der Waals surface area contributed by atoms with Gasteiger partial charge in [0.25, 0.3) is 0 Å². The minimum Gasteiger partial charge on any atom is -0.508 e. The Morgan fingerprint density at radius 3 is 2.45 bits per heavy atom. The molecular weight excluding hydrogens is 436 g/mol. The minimum absolute atomic E-state index is 0.0870. The zero-order valence-electron chi connectivity index (χ0n) is 18.9. The van der Waals surface area contributed by atoms with Gasteiger partial charge >= 0.3 is 0 Å². The Balaban J connectivity index is 1.57. The number of phenolic OH excluding ortho intramolecular Hbond substituents is 1. The lowest BCUT2D eigenvalue weighted by Gasteiger charge is -2.35. The summed E-state index contributed by atoms with van der Waals surface area (Å²) in [6.07, 6.45) is -0.715. The van der Waals surface area contributed by atoms with E-state index in [0.717, 1.165) is 44.3 Å². The average molecular weight is 467 g/mol. The number of aryl methyl sites for hydroxylation is 1. The second-order valence-corrected chi connectivity index (χ2v) is 9.86. The van der Waals surface area contributed by atoms with Crippen LogP contribution in [-0.2, 0) is 17.3 Å². The van der Waals surface area contributed by atoms with Gasteiger partial charge < -0.3 is 20.2 Å². The van der Waals surface area contributed by atoms with Crippen molar-refractivity contribution in [1.82, 2.24) is 4.90 Å². The third-order valence-corrected chi connectivity index (χ3v) is 7.63. The lowest BCUT2D eigenvalue weighted by Crippen LogP contribution is -2.35. The minimum atomic E-state index is -1.46. The van der Waals surface area contributed by atoms with Crippen LogP contribution in [0.25, 0.3) is 0 Å². The van der Waals surface area contributed by atoms with Crippen LogP contribution < -0.4 is 4.90 Å². The van der Waals surface area contributed by atoms with Crippen molar-refractivity contribution in [1.29, 1.82) is 0 Å². The number of aliphatic hydroxyl groups excluding tert-OH is 1. The molecule has 0 radical (unpaired) electrons. The standard InChI is InChI=1S/C26H30N2O4S/c1-18-12-13-24-26(19(18)2)28(21-9-4-6-11-23(21)33(24)32)15-7-14-27(17-25(30)31)16-20-8-3-5-10-22(20)29/h3-6,8-13,25,29-31H,7,14-17H2,1-2H3. The SMILES string of the molecule is Cc1ccc2c(c1C)N(CCCN(Cc1ccccc1O)CC(O)O)c1ccccc1S2=O. The number of aromatic hydroxyl groups is 1. The second kappa shape index (κ2) is 10.1. The third kappa shape index (κ3) is 4.96. The van der Waals surface area contributed by atoms with Crippen molar-refractivity contribution in [3.63, 3.8) is 0 Å². The Bertz CT molecular complexity index is 1160. The summed E-state index contributed by atoms with van der Waals surface area (Å²) in [6.45, 7) is 5.92. The molecule has 0 fully saturated rings. The summed E-state index contributed by atoms with van der Waals surface area (Å²) in [7, 11) is -1.23. The summed E-state index contributed by atoms with van der Waals surface area (Å²) < 4.78 is 13.3. The molecule has 4 rings (SSSR count). The Morgan fingerprint density at radius 2 is 1.70 bits per heavy atom. The molecule has 3 aromatic rings. The Labute approximate surface area is 197 Å². The number of anilines is 2. The number of aliphatic hydroxyl groups is 2. The van der Waals surface area contributed by atoms with Crippen LogP contribution in [0.1, 0.15) is 23.1 Å². The van der Waals surface area contributed by atoms with Gasteiger partial charge in [0.05, 0.1) is 32.0 Å². The molecule has 0 amide bonds. The van der Waals surface area contributed by atoms with Gasteiger partial charge in [-0.15, -0.1) is 0 Å². The molecule has 33 heavy (non-hydrogen) atoms. The Kier molecular flexibility index (Phi) is 7.14. The fraction of sp³-hybridized carbons (Fsp3) is 0.308. The van der Waals surface area contributed by atoms with Crippen LogP contribution in [0.4, 0.5) is 11.4 Å². The molecular formula is C26H30N2O4S. The van der Waals surface area contributed by atoms with Crippen molar-refractivity contribution in [3.8, 4) is 5.75 Å². The number of benzene rings is 3. The van der Waals surface area contributed by atoms with Gasteiger partial charge in [0.1, 0.15) is 5.75 Å². The largest absolute Gasteiger partial charge is 0.508 e. The molecule has 0 saturated carbocycles. The fourth-order valence-corrected chi connectivity index (χ4v) is 5.81. The number of rotatable bonds is 8. The molecule has 6 nitrogen and oxygen atoms in total. The van der Waals surface area contributed by atoms with Gasteiger partial charge in [0.15, 0.2) is 6.29 Å². The van der Waals surface area contributed by atoms with Crippen molar-refractivity contribution in [2.24, 2.45) is 0 Å². The van der Waals surface area contributed by atoms with Crippen molar-refractivity contribution in [2.75, 3.05) is 24.5 Å². The summed E-state index contributed by atoms with van der Waals surface area (Å²) in [4.78, 5) is 5.80. The van der Waals surface area contributed by atoms with E-state index in [2.05, 4.69) is 18.7 Å². The van der Waals surface area contributed by atoms with E-state index in [9.17, 15) is 19.5 Å². The van der Waals surface area contributed by atoms with Crippen molar-refractivity contribution < 1.29 is 19.5 Å². The molecule has 1 aliphatic rings. The highest BCUT2D eigenvalue weighted by molar-refractivity contribution is 7.85. The highest BCUT2D eigenvalue weighted by atomic mass is 32.2. The lowest BCUT2D eigenvalue weighted by molar-refractivity contribution is -0.0627. The average Bonchev–Trinajstić information content (AvgIpc) is 2.79. The number of phenols is 1. The van der Waals surface area contributed by atoms with E-state index in [4.69, 9.17) is 0 Å². The third-order valence-electron chi connectivity index (χ3n) is 6.15. The summed E-state index contributed by atoms with van der Waals surface area (Å²) in [5.41, 5.74) is 4.97. The van der Waals surface area contributed by atoms with Gasteiger partial charge in [-0.1, -0.05) is 36.4 Å². The highest BCUT2D eigenvalue weighted by Gasteiger charge is 2.29. The zero-order chi connectivity index (χ0) is 23.5. The van der Waals surface area contributed by atoms with Crippen molar-refractivity contribution in [2.45, 2.75) is 42.9 Å². The molecule has 0 aliphatic carbocycles. The van der Waals surface area contributed by atoms with Gasteiger partial charge in [-0.3, -0.25) is 4.90 Å². The summed E-state index contributed by atoms with van der Waals surface area (Å²) >= 11 is 0. The number of para-hydroxylation sites is 2. The van der Waals surface area contributed by atoms with E-state index in [0.29, 0.717) is 19.6 Å². The van der Waals surface area contributed by atoms with Crippen LogP contribution in [0.5, 0.6) is 5.75 Å². The number of hydrogen-bond donors (Lipinski definition) is 3. The first kappa shape index (κ1) is 23.4. The molecule has 3 N–H and O–H groups in total. The van der Waals surface area contributed by atoms with E-state index in [-0.39, 0.29) is 12.3 Å². The molecule has 1 aliphatic heterocycles. The second-order valence-electron chi connectivity index (χ2n) is 8.44. The van der Waals surface area contributed by atoms with E-state index >= 15 is 0 Å². The summed E-state index contributed by atoms with van der Waals surface area (Å²) in [5, 5.41) is 29.3. The predicted octanol–water partition coefficient (Wildman–Crippen LogP) is 3.83. The van der Waals surface area contributed by atoms with E-state index < -0.39 is 17.1 Å². The number of hydrogen-bond acceptors (Lipinski definition) is 6. The predicted molar refractivity (Wildman–Crippen MR) is 130 cm³/mol. The Morgan fingerprint density at radius 1 is 0.970 bits per heavy atom. The molecule has 0 bridgehead atoms. The monoisotopic (exact) mass is 466 g/mol. The van der Waals surface area contributed by atoms with Gasteiger partial charge in [-0.25, -0.2) is 4.21 Å². The molecule has 1 atom stereocenters. The van der Waals surface area contributed by atoms with Crippen LogP contribution in [-0.4, -0.2) is 50.4 Å². The molecule has 7 heteroatoms. The van der Waals surface area contributed by atoms with E-state index in [1.807, 2.05) is 53.4 Å². The van der Waals surface area contributed by atoms with Gasteiger partial charge in [0, 0.05) is 31.7 Å². The normalized spacial score (nSPS) is 15.1. The molecule has 0 spiro atoms. The first-order valence-electron chi connectivity index (χ1n) is 11.1. The van der Waals surface area contributed by atoms with Crippen LogP contribution >= 0.6 is 0 Å². The number of fused-ring (bicyclic) bond motifs is 2. The maximum absolute atomic E-state index is 13.3. The fourth-order valence-electron chi connectivity index (χ4n) is 4.37. The van der Waals surface area contributed by atoms with Crippen LogP contribution in [0.2, 0.25) is 0 Å². The smallest absolute Gasteiger partial charge is 0.164 e. The Hall–Kier alpha value is -2.71. The van der Waals surface area contributed by atoms with E-state index in [1.165, 1.54) is 0 Å². The maximum Gasteiger partial charge on any atom is 0.164 e. The van der Waals surface area contributed by atoms with Crippen molar-refractivity contribution in [3.05, 3.63) is 77.4 Å². The quantitative estimate of drug-likeness (QED) is 0.438. The molecule has 1 heterocycles. The highest BCUT2D eigenvalue weighted by Crippen LogP contribution is 2.44. The molecule has 0 saturated heterocycles.